The van der Waals surface area contributed by atoms with E-state index in [-0.39, 0.29) is 11.3 Å². The fourth-order valence-corrected chi connectivity index (χ4v) is 4.46. The Balaban J connectivity index is 2.08. The van der Waals surface area contributed by atoms with E-state index in [1.54, 1.807) is 36.3 Å². The van der Waals surface area contributed by atoms with E-state index < -0.39 is 17.7 Å². The van der Waals surface area contributed by atoms with Crippen LogP contribution in [0.1, 0.15) is 49.9 Å². The lowest BCUT2D eigenvalue weighted by Crippen LogP contribution is -2.33. The number of hydrogen-bond donors (Lipinski definition) is 1. The number of rotatable bonds is 11. The quantitative estimate of drug-likeness (QED) is 0.289. The predicted octanol–water partition coefficient (Wildman–Crippen LogP) is 4.56. The van der Waals surface area contributed by atoms with Crippen LogP contribution in [0.15, 0.2) is 48.0 Å². The van der Waals surface area contributed by atoms with E-state index in [0.29, 0.717) is 42.2 Å². The molecule has 35 heavy (non-hydrogen) atoms. The van der Waals surface area contributed by atoms with E-state index in [9.17, 15) is 14.7 Å². The Morgan fingerprint density at radius 3 is 2.31 bits per heavy atom. The van der Waals surface area contributed by atoms with Gasteiger partial charge in [0.1, 0.15) is 5.76 Å². The van der Waals surface area contributed by atoms with Crippen molar-refractivity contribution in [3.63, 3.8) is 0 Å². The number of amides is 1. The molecule has 7 heteroatoms. The molecule has 1 heterocycles. The number of aliphatic hydroxyl groups excluding tert-OH is 1. The molecule has 2 aromatic carbocycles. The summed E-state index contributed by atoms with van der Waals surface area (Å²) in [5.74, 6) is -0.364. The van der Waals surface area contributed by atoms with E-state index >= 15 is 0 Å². The second-order valence-corrected chi connectivity index (χ2v) is 8.58. The molecular weight excluding hydrogens is 444 g/mol. The first-order chi connectivity index (χ1) is 16.9. The maximum atomic E-state index is 13.2. The predicted molar refractivity (Wildman–Crippen MR) is 137 cm³/mol. The Hall–Kier alpha value is -3.32. The normalized spacial score (nSPS) is 17.3. The molecule has 1 N–H and O–H groups in total. The van der Waals surface area contributed by atoms with Gasteiger partial charge in [0.2, 0.25) is 0 Å². The van der Waals surface area contributed by atoms with Gasteiger partial charge in [-0.3, -0.25) is 9.59 Å². The number of nitrogens with zero attached hydrogens (tertiary/aromatic N) is 2. The van der Waals surface area contributed by atoms with Crippen molar-refractivity contribution in [2.45, 2.75) is 40.2 Å². The summed E-state index contributed by atoms with van der Waals surface area (Å²) in [5, 5.41) is 11.2. The second kappa shape index (κ2) is 11.9. The number of likely N-dealkylation sites (tertiary alicyclic amines) is 1. The van der Waals surface area contributed by atoms with Gasteiger partial charge in [0.15, 0.2) is 11.5 Å². The van der Waals surface area contributed by atoms with E-state index in [4.69, 9.17) is 9.47 Å². The molecule has 0 spiro atoms. The highest BCUT2D eigenvalue weighted by atomic mass is 16.5. The number of carbonyl (C=O) groups is 2. The molecular formula is C28H36N2O5. The number of carbonyl (C=O) groups excluding carboxylic acids is 2. The van der Waals surface area contributed by atoms with Crippen molar-refractivity contribution in [1.82, 2.24) is 9.80 Å². The van der Waals surface area contributed by atoms with Crippen LogP contribution in [0.4, 0.5) is 0 Å². The third-order valence-corrected chi connectivity index (χ3v) is 6.44. The maximum Gasteiger partial charge on any atom is 0.295 e. The number of ketones is 1. The zero-order valence-corrected chi connectivity index (χ0v) is 21.3. The first kappa shape index (κ1) is 26.3. The molecule has 0 saturated carbocycles. The number of Topliss-reactive ketones (excluding diaryl/α,β-unsaturated/α-hetero) is 1. The fraction of sp³-hybridized carbons (Fsp3) is 0.429. The van der Waals surface area contributed by atoms with Gasteiger partial charge < -0.3 is 24.4 Å². The Morgan fingerprint density at radius 2 is 1.71 bits per heavy atom. The van der Waals surface area contributed by atoms with Crippen LogP contribution in [0.2, 0.25) is 0 Å². The SMILES string of the molecule is CCOc1ccc([C@@H]2C(=C(O)c3ccc(C)cc3)C(=O)C(=O)N2CCCN(CC)CC)cc1OC. The molecule has 0 aromatic heterocycles. The molecule has 0 unspecified atom stereocenters. The molecule has 1 amide bonds. The van der Waals surface area contributed by atoms with E-state index in [1.807, 2.05) is 32.0 Å². The van der Waals surface area contributed by atoms with Crippen LogP contribution in [-0.4, -0.2) is 66.5 Å². The van der Waals surface area contributed by atoms with Gasteiger partial charge in [-0.1, -0.05) is 49.7 Å². The van der Waals surface area contributed by atoms with Crippen molar-refractivity contribution in [2.24, 2.45) is 0 Å². The highest BCUT2D eigenvalue weighted by Crippen LogP contribution is 2.42. The van der Waals surface area contributed by atoms with Crippen molar-refractivity contribution < 1.29 is 24.2 Å². The van der Waals surface area contributed by atoms with Crippen LogP contribution < -0.4 is 9.47 Å². The first-order valence-corrected chi connectivity index (χ1v) is 12.2. The van der Waals surface area contributed by atoms with Crippen molar-refractivity contribution in [2.75, 3.05) is 39.9 Å². The minimum atomic E-state index is -0.724. The van der Waals surface area contributed by atoms with Gasteiger partial charge >= 0.3 is 0 Å². The minimum absolute atomic E-state index is 0.0907. The van der Waals surface area contributed by atoms with Gasteiger partial charge in [0, 0.05) is 12.1 Å². The van der Waals surface area contributed by atoms with Crippen molar-refractivity contribution in [1.29, 1.82) is 0 Å². The number of hydrogen-bond acceptors (Lipinski definition) is 6. The summed E-state index contributed by atoms with van der Waals surface area (Å²) in [5.41, 5.74) is 2.31. The van der Waals surface area contributed by atoms with Crippen molar-refractivity contribution in [3.05, 3.63) is 64.7 Å². The standard InChI is InChI=1S/C28H36N2O5/c1-6-29(7-2)16-9-17-30-25(21-14-15-22(35-8-3)23(18-21)34-5)24(27(32)28(30)33)26(31)20-12-10-19(4)11-13-20/h10-15,18,25,31H,6-9,16-17H2,1-5H3/t25-/m1/s1. The zero-order chi connectivity index (χ0) is 25.5. The molecule has 1 aliphatic rings. The fourth-order valence-electron chi connectivity index (χ4n) is 4.46. The Bertz CT molecular complexity index is 1070. The van der Waals surface area contributed by atoms with Crippen LogP contribution in [0, 0.1) is 6.92 Å². The molecule has 1 atom stereocenters. The smallest absolute Gasteiger partial charge is 0.295 e. The molecule has 3 rings (SSSR count). The third-order valence-electron chi connectivity index (χ3n) is 6.44. The Kier molecular flexibility index (Phi) is 8.93. The highest BCUT2D eigenvalue weighted by Gasteiger charge is 2.46. The van der Waals surface area contributed by atoms with Crippen molar-refractivity contribution in [3.8, 4) is 11.5 Å². The van der Waals surface area contributed by atoms with Crippen LogP contribution in [0.5, 0.6) is 11.5 Å². The van der Waals surface area contributed by atoms with Crippen LogP contribution >= 0.6 is 0 Å². The molecule has 1 saturated heterocycles. The van der Waals surface area contributed by atoms with Crippen LogP contribution in [-0.2, 0) is 9.59 Å². The molecule has 0 radical (unpaired) electrons. The first-order valence-electron chi connectivity index (χ1n) is 12.2. The highest BCUT2D eigenvalue weighted by molar-refractivity contribution is 6.46. The van der Waals surface area contributed by atoms with Gasteiger partial charge in [0.25, 0.3) is 11.7 Å². The summed E-state index contributed by atoms with van der Waals surface area (Å²) in [6.07, 6.45) is 0.712. The molecule has 7 nitrogen and oxygen atoms in total. The summed E-state index contributed by atoms with van der Waals surface area (Å²) in [6, 6.07) is 11.9. The topological polar surface area (TPSA) is 79.3 Å². The largest absolute Gasteiger partial charge is 0.507 e. The molecule has 1 aliphatic heterocycles. The maximum absolute atomic E-state index is 13.2. The Morgan fingerprint density at radius 1 is 1.03 bits per heavy atom. The summed E-state index contributed by atoms with van der Waals surface area (Å²) >= 11 is 0. The lowest BCUT2D eigenvalue weighted by atomic mass is 9.94. The lowest BCUT2D eigenvalue weighted by molar-refractivity contribution is -0.140. The summed E-state index contributed by atoms with van der Waals surface area (Å²) < 4.78 is 11.2. The zero-order valence-electron chi connectivity index (χ0n) is 21.3. The van der Waals surface area contributed by atoms with Gasteiger partial charge in [-0.2, -0.15) is 0 Å². The van der Waals surface area contributed by atoms with E-state index in [0.717, 1.165) is 25.2 Å². The monoisotopic (exact) mass is 480 g/mol. The van der Waals surface area contributed by atoms with Crippen LogP contribution in [0.25, 0.3) is 5.76 Å². The number of ether oxygens (including phenoxy) is 2. The molecule has 2 aromatic rings. The second-order valence-electron chi connectivity index (χ2n) is 8.58. The van der Waals surface area contributed by atoms with Gasteiger partial charge in [-0.05, 0) is 57.6 Å². The molecule has 1 fully saturated rings. The van der Waals surface area contributed by atoms with Gasteiger partial charge in [0.05, 0.1) is 25.3 Å². The number of aryl methyl sites for hydroxylation is 1. The number of benzene rings is 2. The Labute approximate surface area is 207 Å². The summed E-state index contributed by atoms with van der Waals surface area (Å²) in [7, 11) is 1.55. The molecule has 0 aliphatic carbocycles. The third kappa shape index (κ3) is 5.68. The molecule has 0 bridgehead atoms. The average Bonchev–Trinajstić information content (AvgIpc) is 3.12. The van der Waals surface area contributed by atoms with E-state index in [1.165, 1.54) is 0 Å². The van der Waals surface area contributed by atoms with Gasteiger partial charge in [-0.25, -0.2) is 0 Å². The van der Waals surface area contributed by atoms with Gasteiger partial charge in [-0.15, -0.1) is 0 Å². The lowest BCUT2D eigenvalue weighted by Gasteiger charge is -2.27. The van der Waals surface area contributed by atoms with E-state index in [2.05, 4.69) is 18.7 Å². The van der Waals surface area contributed by atoms with Crippen molar-refractivity contribution >= 4 is 17.4 Å². The number of aliphatic hydroxyl groups is 1. The summed E-state index contributed by atoms with van der Waals surface area (Å²) in [4.78, 5) is 30.3. The average molecular weight is 481 g/mol. The minimum Gasteiger partial charge on any atom is -0.507 e. The summed E-state index contributed by atoms with van der Waals surface area (Å²) in [6.45, 7) is 11.6. The van der Waals surface area contributed by atoms with Crippen LogP contribution in [0.3, 0.4) is 0 Å². The molecule has 188 valence electrons. The number of methoxy groups -OCH3 is 1.